The lowest BCUT2D eigenvalue weighted by Gasteiger charge is -2.37. The number of halogens is 1. The minimum Gasteiger partial charge on any atom is -0.491 e. The van der Waals surface area contributed by atoms with Crippen LogP contribution >= 0.6 is 11.6 Å². The predicted octanol–water partition coefficient (Wildman–Crippen LogP) is 2.57. The highest BCUT2D eigenvalue weighted by Gasteiger charge is 2.46. The molecular formula is C18H26ClNO5S. The maximum absolute atomic E-state index is 11.8. The van der Waals surface area contributed by atoms with E-state index < -0.39 is 15.4 Å². The average Bonchev–Trinajstić information content (AvgIpc) is 2.87. The molecule has 2 aliphatic heterocycles. The third-order valence-electron chi connectivity index (χ3n) is 5.01. The van der Waals surface area contributed by atoms with Crippen LogP contribution in [0.1, 0.15) is 31.7 Å². The number of nitrogens with one attached hydrogen (secondary N) is 1. The molecule has 146 valence electrons. The zero-order valence-corrected chi connectivity index (χ0v) is 16.8. The van der Waals surface area contributed by atoms with E-state index in [9.17, 15) is 8.42 Å². The van der Waals surface area contributed by atoms with Gasteiger partial charge in [-0.15, -0.1) is 0 Å². The molecule has 0 unspecified atom stereocenters. The van der Waals surface area contributed by atoms with Crippen molar-refractivity contribution in [3.63, 3.8) is 0 Å². The van der Waals surface area contributed by atoms with Gasteiger partial charge in [0.05, 0.1) is 35.8 Å². The van der Waals surface area contributed by atoms with Crippen LogP contribution in [0.25, 0.3) is 0 Å². The Labute approximate surface area is 160 Å². The Morgan fingerprint density at radius 1 is 1.42 bits per heavy atom. The van der Waals surface area contributed by atoms with Crippen LogP contribution in [-0.2, 0) is 21.1 Å². The maximum atomic E-state index is 11.8. The largest absolute Gasteiger partial charge is 0.491 e. The minimum atomic E-state index is -2.97. The summed E-state index contributed by atoms with van der Waals surface area (Å²) in [5.41, 5.74) is 0.488. The highest BCUT2D eigenvalue weighted by atomic mass is 35.5. The molecule has 0 bridgehead atoms. The van der Waals surface area contributed by atoms with Crippen LogP contribution in [0.3, 0.4) is 0 Å². The van der Waals surface area contributed by atoms with Crippen LogP contribution < -0.4 is 14.8 Å². The molecule has 0 aromatic heterocycles. The number of hydrogen-bond acceptors (Lipinski definition) is 6. The van der Waals surface area contributed by atoms with Crippen LogP contribution in [0.5, 0.6) is 11.5 Å². The van der Waals surface area contributed by atoms with Gasteiger partial charge < -0.3 is 19.5 Å². The highest BCUT2D eigenvalue weighted by Crippen LogP contribution is 2.37. The van der Waals surface area contributed by atoms with Crippen LogP contribution in [0.2, 0.25) is 5.02 Å². The van der Waals surface area contributed by atoms with Gasteiger partial charge in [0.15, 0.2) is 21.3 Å². The lowest BCUT2D eigenvalue weighted by atomic mass is 9.90. The van der Waals surface area contributed by atoms with Gasteiger partial charge in [-0.2, -0.15) is 0 Å². The molecule has 1 aromatic rings. The summed E-state index contributed by atoms with van der Waals surface area (Å²) in [6.07, 6.45) is 2.18. The molecule has 6 nitrogen and oxygen atoms in total. The van der Waals surface area contributed by atoms with Crippen LogP contribution in [-0.4, -0.2) is 51.9 Å². The summed E-state index contributed by atoms with van der Waals surface area (Å²) in [5, 5.41) is 4.04. The van der Waals surface area contributed by atoms with E-state index in [-0.39, 0.29) is 17.5 Å². The van der Waals surface area contributed by atoms with E-state index in [1.165, 1.54) is 0 Å². The zero-order valence-electron chi connectivity index (χ0n) is 15.2. The van der Waals surface area contributed by atoms with Gasteiger partial charge >= 0.3 is 0 Å². The number of methoxy groups -OCH3 is 1. The van der Waals surface area contributed by atoms with E-state index >= 15 is 0 Å². The summed E-state index contributed by atoms with van der Waals surface area (Å²) < 4.78 is 40.5. The van der Waals surface area contributed by atoms with Gasteiger partial charge in [-0.25, -0.2) is 8.42 Å². The zero-order chi connectivity index (χ0) is 18.8. The van der Waals surface area contributed by atoms with E-state index in [0.717, 1.165) is 12.0 Å². The summed E-state index contributed by atoms with van der Waals surface area (Å²) in [6.45, 7) is 3.65. The molecule has 2 saturated heterocycles. The lowest BCUT2D eigenvalue weighted by Crippen LogP contribution is -2.47. The molecule has 0 saturated carbocycles. The summed E-state index contributed by atoms with van der Waals surface area (Å²) >= 11 is 6.30. The van der Waals surface area contributed by atoms with Gasteiger partial charge in [-0.3, -0.25) is 0 Å². The Morgan fingerprint density at radius 2 is 2.23 bits per heavy atom. The summed E-state index contributed by atoms with van der Waals surface area (Å²) in [4.78, 5) is 0. The Bertz CT molecular complexity index is 754. The Kier molecular flexibility index (Phi) is 6.01. The first-order valence-electron chi connectivity index (χ1n) is 8.93. The average molecular weight is 404 g/mol. The fourth-order valence-electron chi connectivity index (χ4n) is 3.81. The molecule has 1 spiro atoms. The first-order valence-corrected chi connectivity index (χ1v) is 11.1. The maximum Gasteiger partial charge on any atom is 0.179 e. The molecule has 1 aromatic carbocycles. The first kappa shape index (κ1) is 19.7. The predicted molar refractivity (Wildman–Crippen MR) is 101 cm³/mol. The molecule has 2 heterocycles. The second-order valence-electron chi connectivity index (χ2n) is 6.99. The standard InChI is InChI=1S/C18H26ClNO5S/c1-3-24-16-9-13(8-15(19)17(16)23-2)11-20-14-4-6-25-18(10-14)5-7-26(21,22)12-18/h8-9,14,20H,3-7,10-12H2,1-2H3/t14-,18-/m1/s1. The van der Waals surface area contributed by atoms with Gasteiger partial charge in [-0.1, -0.05) is 11.6 Å². The smallest absolute Gasteiger partial charge is 0.179 e. The SMILES string of the molecule is CCOc1cc(CN[C@@H]2CCO[C@]3(CCS(=O)(=O)C3)C2)cc(Cl)c1OC. The van der Waals surface area contributed by atoms with E-state index in [0.29, 0.717) is 49.1 Å². The molecule has 1 N–H and O–H groups in total. The van der Waals surface area contributed by atoms with Crippen molar-refractivity contribution < 1.29 is 22.6 Å². The summed E-state index contributed by atoms with van der Waals surface area (Å²) in [7, 11) is -1.40. The number of benzene rings is 1. The third kappa shape index (κ3) is 4.44. The van der Waals surface area contributed by atoms with Gasteiger partial charge in [0, 0.05) is 19.2 Å². The van der Waals surface area contributed by atoms with Crippen molar-refractivity contribution >= 4 is 21.4 Å². The van der Waals surface area contributed by atoms with Crippen LogP contribution in [0.4, 0.5) is 0 Å². The topological polar surface area (TPSA) is 73.9 Å². The van der Waals surface area contributed by atoms with Gasteiger partial charge in [0.2, 0.25) is 0 Å². The van der Waals surface area contributed by atoms with E-state index in [2.05, 4.69) is 5.32 Å². The molecule has 2 fully saturated rings. The summed E-state index contributed by atoms with van der Waals surface area (Å²) in [5.74, 6) is 1.54. The lowest BCUT2D eigenvalue weighted by molar-refractivity contribution is -0.0705. The number of rotatable bonds is 6. The van der Waals surface area contributed by atoms with Gasteiger partial charge in [0.1, 0.15) is 0 Å². The quantitative estimate of drug-likeness (QED) is 0.786. The van der Waals surface area contributed by atoms with Crippen molar-refractivity contribution in [2.45, 2.75) is 44.4 Å². The molecule has 2 aliphatic rings. The van der Waals surface area contributed by atoms with Gasteiger partial charge in [-0.05, 0) is 43.9 Å². The second kappa shape index (κ2) is 7.92. The van der Waals surface area contributed by atoms with E-state index in [4.69, 9.17) is 25.8 Å². The molecule has 26 heavy (non-hydrogen) atoms. The molecule has 2 atom stereocenters. The number of hydrogen-bond donors (Lipinski definition) is 1. The molecule has 8 heteroatoms. The molecule has 3 rings (SSSR count). The first-order chi connectivity index (χ1) is 12.4. The van der Waals surface area contributed by atoms with E-state index in [1.54, 1.807) is 7.11 Å². The van der Waals surface area contributed by atoms with Crippen molar-refractivity contribution in [1.29, 1.82) is 0 Å². The van der Waals surface area contributed by atoms with Crippen LogP contribution in [0.15, 0.2) is 12.1 Å². The van der Waals surface area contributed by atoms with Gasteiger partial charge in [0.25, 0.3) is 0 Å². The molecular weight excluding hydrogens is 378 g/mol. The Balaban J connectivity index is 1.65. The van der Waals surface area contributed by atoms with E-state index in [1.807, 2.05) is 19.1 Å². The minimum absolute atomic E-state index is 0.140. The van der Waals surface area contributed by atoms with Crippen molar-refractivity contribution in [2.75, 3.05) is 31.8 Å². The van der Waals surface area contributed by atoms with Crippen LogP contribution in [0, 0.1) is 0 Å². The fraction of sp³-hybridized carbons (Fsp3) is 0.667. The van der Waals surface area contributed by atoms with Crippen molar-refractivity contribution in [3.05, 3.63) is 22.7 Å². The molecule has 0 radical (unpaired) electrons. The Hall–Kier alpha value is -1.02. The highest BCUT2D eigenvalue weighted by molar-refractivity contribution is 7.91. The van der Waals surface area contributed by atoms with Crippen molar-refractivity contribution in [2.24, 2.45) is 0 Å². The Morgan fingerprint density at radius 3 is 2.88 bits per heavy atom. The van der Waals surface area contributed by atoms with Crippen molar-refractivity contribution in [1.82, 2.24) is 5.32 Å². The normalized spacial score (nSPS) is 27.6. The second-order valence-corrected chi connectivity index (χ2v) is 9.58. The molecule has 0 aliphatic carbocycles. The molecule has 0 amide bonds. The number of ether oxygens (including phenoxy) is 3. The fourth-order valence-corrected chi connectivity index (χ4v) is 6.09. The monoisotopic (exact) mass is 403 g/mol. The third-order valence-corrected chi connectivity index (χ3v) is 7.09. The summed E-state index contributed by atoms with van der Waals surface area (Å²) in [6, 6.07) is 4.01. The number of sulfone groups is 1. The van der Waals surface area contributed by atoms with Crippen molar-refractivity contribution in [3.8, 4) is 11.5 Å².